The summed E-state index contributed by atoms with van der Waals surface area (Å²) in [6, 6.07) is 8.22. The topological polar surface area (TPSA) is 32.8 Å². The van der Waals surface area contributed by atoms with Gasteiger partial charge in [0.2, 0.25) is 0 Å². The van der Waals surface area contributed by atoms with Crippen molar-refractivity contribution in [1.82, 2.24) is 4.90 Å². The molecule has 1 aromatic carbocycles. The monoisotopic (exact) mass is 304 g/mol. The summed E-state index contributed by atoms with van der Waals surface area (Å²) >= 11 is 1.54. The van der Waals surface area contributed by atoms with Crippen LogP contribution in [0.5, 0.6) is 0 Å². The van der Waals surface area contributed by atoms with Crippen molar-refractivity contribution in [1.29, 1.82) is 0 Å². The molecule has 1 aromatic heterocycles. The number of carbonyl (C=O) groups excluding carboxylic acids is 1. The summed E-state index contributed by atoms with van der Waals surface area (Å²) in [6.07, 6.45) is 0. The number of hydrogen-bond donors (Lipinski definition) is 0. The summed E-state index contributed by atoms with van der Waals surface area (Å²) in [5.74, 6) is -0.219. The van der Waals surface area contributed by atoms with Crippen LogP contribution in [0.2, 0.25) is 0 Å². The highest BCUT2D eigenvalue weighted by Gasteiger charge is 2.19. The van der Waals surface area contributed by atoms with Gasteiger partial charge in [-0.2, -0.15) is 0 Å². The van der Waals surface area contributed by atoms with E-state index in [1.54, 1.807) is 0 Å². The standard InChI is InChI=1S/C16H20N2O2S/c1-3-20-16(19)14-11-12-5-4-6-13(15(12)21-14)18-9-7-17(2)8-10-18/h4-6,11H,3,7-10H2,1-2H3. The second-order valence-corrected chi connectivity index (χ2v) is 6.37. The van der Waals surface area contributed by atoms with Crippen LogP contribution in [0.1, 0.15) is 16.6 Å². The maximum absolute atomic E-state index is 11.9. The van der Waals surface area contributed by atoms with Gasteiger partial charge in [0.1, 0.15) is 4.88 Å². The molecule has 0 atom stereocenters. The number of esters is 1. The van der Waals surface area contributed by atoms with Crippen LogP contribution in [0.15, 0.2) is 24.3 Å². The second-order valence-electron chi connectivity index (χ2n) is 5.32. The number of rotatable bonds is 3. The van der Waals surface area contributed by atoms with Gasteiger partial charge in [-0.3, -0.25) is 0 Å². The molecular weight excluding hydrogens is 284 g/mol. The molecule has 0 amide bonds. The number of benzene rings is 1. The molecule has 1 aliphatic heterocycles. The molecule has 0 bridgehead atoms. The number of anilines is 1. The zero-order valence-electron chi connectivity index (χ0n) is 12.5. The fourth-order valence-electron chi connectivity index (χ4n) is 2.65. The number of ether oxygens (including phenoxy) is 1. The van der Waals surface area contributed by atoms with Gasteiger partial charge in [0.15, 0.2) is 0 Å². The second kappa shape index (κ2) is 6.03. The van der Waals surface area contributed by atoms with E-state index in [4.69, 9.17) is 4.74 Å². The SMILES string of the molecule is CCOC(=O)c1cc2cccc(N3CCN(C)CC3)c2s1. The van der Waals surface area contributed by atoms with Crippen LogP contribution in [0.25, 0.3) is 10.1 Å². The van der Waals surface area contributed by atoms with Crippen molar-refractivity contribution in [2.75, 3.05) is 44.7 Å². The number of thiophene rings is 1. The third kappa shape index (κ3) is 2.89. The maximum Gasteiger partial charge on any atom is 0.348 e. The first-order chi connectivity index (χ1) is 10.2. The predicted octanol–water partition coefficient (Wildman–Crippen LogP) is 2.83. The van der Waals surface area contributed by atoms with E-state index in [1.165, 1.54) is 21.7 Å². The zero-order valence-corrected chi connectivity index (χ0v) is 13.3. The van der Waals surface area contributed by atoms with Crippen molar-refractivity contribution in [2.24, 2.45) is 0 Å². The fourth-order valence-corrected chi connectivity index (χ4v) is 3.74. The molecule has 1 saturated heterocycles. The fraction of sp³-hybridized carbons (Fsp3) is 0.438. The molecule has 112 valence electrons. The number of carbonyl (C=O) groups is 1. The van der Waals surface area contributed by atoms with Gasteiger partial charge in [0, 0.05) is 26.2 Å². The maximum atomic E-state index is 11.9. The van der Waals surface area contributed by atoms with E-state index in [9.17, 15) is 4.79 Å². The van der Waals surface area contributed by atoms with Crippen molar-refractivity contribution in [3.63, 3.8) is 0 Å². The summed E-state index contributed by atoms with van der Waals surface area (Å²) in [6.45, 7) is 6.46. The van der Waals surface area contributed by atoms with Crippen LogP contribution >= 0.6 is 11.3 Å². The molecule has 0 radical (unpaired) electrons. The molecule has 5 heteroatoms. The third-order valence-corrected chi connectivity index (χ3v) is 5.00. The first-order valence-electron chi connectivity index (χ1n) is 7.32. The molecule has 0 saturated carbocycles. The first kappa shape index (κ1) is 14.4. The number of nitrogens with zero attached hydrogens (tertiary/aromatic N) is 2. The quantitative estimate of drug-likeness (QED) is 0.816. The molecular formula is C16H20N2O2S. The Hall–Kier alpha value is -1.59. The summed E-state index contributed by atoms with van der Waals surface area (Å²) in [5.41, 5.74) is 1.24. The Labute approximate surface area is 128 Å². The average Bonchev–Trinajstić information content (AvgIpc) is 2.92. The van der Waals surface area contributed by atoms with Crippen molar-refractivity contribution >= 4 is 33.1 Å². The van der Waals surface area contributed by atoms with Crippen LogP contribution < -0.4 is 4.90 Å². The van der Waals surface area contributed by atoms with Gasteiger partial charge in [-0.25, -0.2) is 4.79 Å². The number of piperazine rings is 1. The van der Waals surface area contributed by atoms with Crippen molar-refractivity contribution in [3.8, 4) is 0 Å². The summed E-state index contributed by atoms with van der Waals surface area (Å²) < 4.78 is 6.29. The van der Waals surface area contributed by atoms with Crippen LogP contribution in [-0.2, 0) is 4.74 Å². The number of hydrogen-bond acceptors (Lipinski definition) is 5. The average molecular weight is 304 g/mol. The Kier molecular flexibility index (Phi) is 4.12. The van der Waals surface area contributed by atoms with Crippen LogP contribution in [0.4, 0.5) is 5.69 Å². The van der Waals surface area contributed by atoms with E-state index in [0.717, 1.165) is 31.6 Å². The lowest BCUT2D eigenvalue weighted by atomic mass is 10.2. The summed E-state index contributed by atoms with van der Waals surface area (Å²) in [5, 5.41) is 1.12. The molecule has 4 nitrogen and oxygen atoms in total. The molecule has 1 aliphatic rings. The van der Waals surface area contributed by atoms with Crippen LogP contribution in [-0.4, -0.2) is 50.7 Å². The smallest absolute Gasteiger partial charge is 0.348 e. The Bertz CT molecular complexity index is 645. The molecule has 0 N–H and O–H groups in total. The molecule has 0 aliphatic carbocycles. The highest BCUT2D eigenvalue weighted by Crippen LogP contribution is 2.34. The Morgan fingerprint density at radius 1 is 1.29 bits per heavy atom. The van der Waals surface area contributed by atoms with Gasteiger partial charge >= 0.3 is 5.97 Å². The number of likely N-dealkylation sites (N-methyl/N-ethyl adjacent to an activating group) is 1. The van der Waals surface area contributed by atoms with E-state index < -0.39 is 0 Å². The minimum absolute atomic E-state index is 0.219. The molecule has 2 aromatic rings. The van der Waals surface area contributed by atoms with Gasteiger partial charge in [-0.1, -0.05) is 12.1 Å². The third-order valence-electron chi connectivity index (χ3n) is 3.84. The molecule has 0 spiro atoms. The van der Waals surface area contributed by atoms with Crippen molar-refractivity contribution in [3.05, 3.63) is 29.1 Å². The van der Waals surface area contributed by atoms with Gasteiger partial charge in [-0.15, -0.1) is 11.3 Å². The van der Waals surface area contributed by atoms with Crippen molar-refractivity contribution in [2.45, 2.75) is 6.92 Å². The van der Waals surface area contributed by atoms with Gasteiger partial charge in [0.25, 0.3) is 0 Å². The van der Waals surface area contributed by atoms with Crippen LogP contribution in [0.3, 0.4) is 0 Å². The van der Waals surface area contributed by atoms with E-state index in [0.29, 0.717) is 11.5 Å². The highest BCUT2D eigenvalue weighted by molar-refractivity contribution is 7.21. The molecule has 1 fully saturated rings. The lowest BCUT2D eigenvalue weighted by Crippen LogP contribution is -2.44. The van der Waals surface area contributed by atoms with E-state index in [1.807, 2.05) is 13.0 Å². The lowest BCUT2D eigenvalue weighted by molar-refractivity contribution is 0.0532. The minimum atomic E-state index is -0.219. The largest absolute Gasteiger partial charge is 0.462 e. The van der Waals surface area contributed by atoms with Gasteiger partial charge in [-0.05, 0) is 31.5 Å². The van der Waals surface area contributed by atoms with Gasteiger partial charge < -0.3 is 14.5 Å². The molecule has 3 rings (SSSR count). The Balaban J connectivity index is 1.94. The molecule has 0 unspecified atom stereocenters. The highest BCUT2D eigenvalue weighted by atomic mass is 32.1. The zero-order chi connectivity index (χ0) is 14.8. The summed E-state index contributed by atoms with van der Waals surface area (Å²) in [7, 11) is 2.15. The Morgan fingerprint density at radius 3 is 2.76 bits per heavy atom. The normalized spacial score (nSPS) is 16.4. The first-order valence-corrected chi connectivity index (χ1v) is 8.14. The van der Waals surface area contributed by atoms with Crippen LogP contribution in [0, 0.1) is 0 Å². The predicted molar refractivity (Wildman–Crippen MR) is 87.5 cm³/mol. The van der Waals surface area contributed by atoms with E-state index in [2.05, 4.69) is 35.0 Å². The minimum Gasteiger partial charge on any atom is -0.462 e. The van der Waals surface area contributed by atoms with Crippen molar-refractivity contribution < 1.29 is 9.53 Å². The molecule has 2 heterocycles. The summed E-state index contributed by atoms with van der Waals surface area (Å²) in [4.78, 5) is 17.4. The lowest BCUT2D eigenvalue weighted by Gasteiger charge is -2.34. The van der Waals surface area contributed by atoms with Gasteiger partial charge in [0.05, 0.1) is 17.0 Å². The Morgan fingerprint density at radius 2 is 2.05 bits per heavy atom. The van der Waals surface area contributed by atoms with E-state index in [-0.39, 0.29) is 5.97 Å². The number of fused-ring (bicyclic) bond motifs is 1. The molecule has 21 heavy (non-hydrogen) atoms. The van der Waals surface area contributed by atoms with E-state index >= 15 is 0 Å².